The third kappa shape index (κ3) is 1.14. The van der Waals surface area contributed by atoms with E-state index in [4.69, 9.17) is 5.73 Å². The number of rotatable bonds is 2. The fourth-order valence-electron chi connectivity index (χ4n) is 1.27. The van der Waals surface area contributed by atoms with Crippen LogP contribution in [0.15, 0.2) is 6.33 Å². The highest BCUT2D eigenvalue weighted by Gasteiger charge is 2.31. The van der Waals surface area contributed by atoms with Gasteiger partial charge in [0.05, 0.1) is 6.04 Å². The van der Waals surface area contributed by atoms with E-state index in [0.717, 1.165) is 5.82 Å². The number of hydrogen-bond donors (Lipinski definition) is 1. The standard InChI is InChI=1S/C7H12N4/c1-11-7(9-4-10-11)6(8)5-2-3-5/h4-6H,2-3,8H2,1H3. The molecule has 4 nitrogen and oxygen atoms in total. The van der Waals surface area contributed by atoms with Crippen molar-refractivity contribution in [3.63, 3.8) is 0 Å². The first kappa shape index (κ1) is 6.79. The van der Waals surface area contributed by atoms with Crippen LogP contribution in [0.3, 0.4) is 0 Å². The molecule has 2 rings (SSSR count). The molecule has 1 aliphatic carbocycles. The van der Waals surface area contributed by atoms with Crippen molar-refractivity contribution in [3.8, 4) is 0 Å². The molecule has 0 radical (unpaired) electrons. The van der Waals surface area contributed by atoms with Crippen LogP contribution in [0, 0.1) is 5.92 Å². The SMILES string of the molecule is Cn1ncnc1C(N)C1CC1. The Hall–Kier alpha value is -0.900. The van der Waals surface area contributed by atoms with Gasteiger partial charge in [0.2, 0.25) is 0 Å². The Morgan fingerprint density at radius 3 is 2.91 bits per heavy atom. The van der Waals surface area contributed by atoms with Crippen molar-refractivity contribution in [2.45, 2.75) is 18.9 Å². The first-order valence-electron chi connectivity index (χ1n) is 3.88. The van der Waals surface area contributed by atoms with Crippen LogP contribution < -0.4 is 5.73 Å². The second-order valence-corrected chi connectivity index (χ2v) is 3.11. The molecule has 1 fully saturated rings. The lowest BCUT2D eigenvalue weighted by Gasteiger charge is -2.07. The van der Waals surface area contributed by atoms with Gasteiger partial charge < -0.3 is 5.73 Å². The van der Waals surface area contributed by atoms with Gasteiger partial charge in [-0.25, -0.2) is 4.98 Å². The van der Waals surface area contributed by atoms with E-state index in [1.165, 1.54) is 12.8 Å². The van der Waals surface area contributed by atoms with Crippen LogP contribution in [0.25, 0.3) is 0 Å². The molecule has 1 aromatic heterocycles. The summed E-state index contributed by atoms with van der Waals surface area (Å²) < 4.78 is 1.75. The predicted molar refractivity (Wildman–Crippen MR) is 40.7 cm³/mol. The maximum absolute atomic E-state index is 5.92. The summed E-state index contributed by atoms with van der Waals surface area (Å²) in [6.07, 6.45) is 4.04. The predicted octanol–water partition coefficient (Wildman–Crippen LogP) is 0.225. The summed E-state index contributed by atoms with van der Waals surface area (Å²) in [4.78, 5) is 4.10. The van der Waals surface area contributed by atoms with E-state index in [-0.39, 0.29) is 6.04 Å². The van der Waals surface area contributed by atoms with Gasteiger partial charge in [-0.15, -0.1) is 0 Å². The normalized spacial score (nSPS) is 20.2. The first-order chi connectivity index (χ1) is 5.29. The zero-order valence-electron chi connectivity index (χ0n) is 6.57. The molecule has 11 heavy (non-hydrogen) atoms. The molecule has 0 bridgehead atoms. The molecule has 1 saturated carbocycles. The van der Waals surface area contributed by atoms with E-state index in [1.807, 2.05) is 7.05 Å². The Kier molecular flexibility index (Phi) is 1.42. The largest absolute Gasteiger partial charge is 0.321 e. The van der Waals surface area contributed by atoms with E-state index < -0.39 is 0 Å². The summed E-state index contributed by atoms with van der Waals surface area (Å²) in [6, 6.07) is 0.0995. The maximum atomic E-state index is 5.92. The molecular weight excluding hydrogens is 140 g/mol. The number of nitrogens with zero attached hydrogens (tertiary/aromatic N) is 3. The minimum absolute atomic E-state index is 0.0995. The molecular formula is C7H12N4. The maximum Gasteiger partial charge on any atom is 0.143 e. The highest BCUT2D eigenvalue weighted by molar-refractivity contribution is 4.99. The van der Waals surface area contributed by atoms with Crippen molar-refractivity contribution in [1.82, 2.24) is 14.8 Å². The molecule has 2 N–H and O–H groups in total. The summed E-state index contributed by atoms with van der Waals surface area (Å²) in [5, 5.41) is 3.97. The third-order valence-electron chi connectivity index (χ3n) is 2.17. The first-order valence-corrected chi connectivity index (χ1v) is 3.88. The van der Waals surface area contributed by atoms with Crippen LogP contribution in [-0.4, -0.2) is 14.8 Å². The fourth-order valence-corrected chi connectivity index (χ4v) is 1.27. The Morgan fingerprint density at radius 1 is 1.73 bits per heavy atom. The van der Waals surface area contributed by atoms with Gasteiger partial charge in [0.25, 0.3) is 0 Å². The minimum atomic E-state index is 0.0995. The average Bonchev–Trinajstić information content (AvgIpc) is 2.74. The van der Waals surface area contributed by atoms with E-state index in [0.29, 0.717) is 5.92 Å². The lowest BCUT2D eigenvalue weighted by atomic mass is 10.2. The monoisotopic (exact) mass is 152 g/mol. The van der Waals surface area contributed by atoms with Crippen molar-refractivity contribution in [3.05, 3.63) is 12.2 Å². The third-order valence-corrected chi connectivity index (χ3v) is 2.17. The van der Waals surface area contributed by atoms with Crippen molar-refractivity contribution >= 4 is 0 Å². The lowest BCUT2D eigenvalue weighted by molar-refractivity contribution is 0.551. The molecule has 1 aromatic rings. The van der Waals surface area contributed by atoms with Gasteiger partial charge in [-0.3, -0.25) is 4.68 Å². The van der Waals surface area contributed by atoms with Crippen LogP contribution in [0.5, 0.6) is 0 Å². The van der Waals surface area contributed by atoms with Gasteiger partial charge in [0.15, 0.2) is 0 Å². The summed E-state index contributed by atoms with van der Waals surface area (Å²) in [5.74, 6) is 1.56. The van der Waals surface area contributed by atoms with Crippen LogP contribution in [0.4, 0.5) is 0 Å². The molecule has 1 heterocycles. The van der Waals surface area contributed by atoms with Gasteiger partial charge in [-0.05, 0) is 18.8 Å². The van der Waals surface area contributed by atoms with Gasteiger partial charge in [0, 0.05) is 7.05 Å². The molecule has 0 aliphatic heterocycles. The van der Waals surface area contributed by atoms with Gasteiger partial charge >= 0.3 is 0 Å². The molecule has 60 valence electrons. The van der Waals surface area contributed by atoms with E-state index in [1.54, 1.807) is 11.0 Å². The number of nitrogens with two attached hydrogens (primary N) is 1. The number of aryl methyl sites for hydroxylation is 1. The highest BCUT2D eigenvalue weighted by Crippen LogP contribution is 2.38. The molecule has 1 atom stereocenters. The number of hydrogen-bond acceptors (Lipinski definition) is 3. The summed E-state index contributed by atoms with van der Waals surface area (Å²) in [7, 11) is 1.88. The Labute approximate surface area is 65.4 Å². The molecule has 0 saturated heterocycles. The zero-order valence-corrected chi connectivity index (χ0v) is 6.57. The van der Waals surface area contributed by atoms with E-state index in [2.05, 4.69) is 10.1 Å². The van der Waals surface area contributed by atoms with Gasteiger partial charge in [-0.1, -0.05) is 0 Å². The Bertz CT molecular complexity index is 251. The topological polar surface area (TPSA) is 56.7 Å². The van der Waals surface area contributed by atoms with Gasteiger partial charge in [0.1, 0.15) is 12.2 Å². The summed E-state index contributed by atoms with van der Waals surface area (Å²) >= 11 is 0. The Balaban J connectivity index is 2.20. The highest BCUT2D eigenvalue weighted by atomic mass is 15.3. The lowest BCUT2D eigenvalue weighted by Crippen LogP contribution is -2.17. The zero-order chi connectivity index (χ0) is 7.84. The fraction of sp³-hybridized carbons (Fsp3) is 0.714. The van der Waals surface area contributed by atoms with Crippen molar-refractivity contribution in [2.24, 2.45) is 18.7 Å². The van der Waals surface area contributed by atoms with Crippen molar-refractivity contribution in [2.75, 3.05) is 0 Å². The van der Waals surface area contributed by atoms with Crippen LogP contribution in [-0.2, 0) is 7.05 Å². The molecule has 0 amide bonds. The minimum Gasteiger partial charge on any atom is -0.321 e. The molecule has 4 heteroatoms. The van der Waals surface area contributed by atoms with Crippen LogP contribution in [0.1, 0.15) is 24.7 Å². The second-order valence-electron chi connectivity index (χ2n) is 3.11. The number of aromatic nitrogens is 3. The van der Waals surface area contributed by atoms with Crippen LogP contribution in [0.2, 0.25) is 0 Å². The van der Waals surface area contributed by atoms with Crippen molar-refractivity contribution < 1.29 is 0 Å². The Morgan fingerprint density at radius 2 is 2.45 bits per heavy atom. The summed E-state index contributed by atoms with van der Waals surface area (Å²) in [5.41, 5.74) is 5.92. The quantitative estimate of drug-likeness (QED) is 0.659. The van der Waals surface area contributed by atoms with Gasteiger partial charge in [-0.2, -0.15) is 5.10 Å². The molecule has 1 aliphatic rings. The smallest absolute Gasteiger partial charge is 0.143 e. The average molecular weight is 152 g/mol. The van der Waals surface area contributed by atoms with Crippen molar-refractivity contribution in [1.29, 1.82) is 0 Å². The summed E-state index contributed by atoms with van der Waals surface area (Å²) in [6.45, 7) is 0. The van der Waals surface area contributed by atoms with Crippen LogP contribution >= 0.6 is 0 Å². The second kappa shape index (κ2) is 2.30. The molecule has 0 aromatic carbocycles. The molecule has 1 unspecified atom stereocenters. The molecule has 0 spiro atoms. The van der Waals surface area contributed by atoms with E-state index >= 15 is 0 Å². The van der Waals surface area contributed by atoms with E-state index in [9.17, 15) is 0 Å².